The second-order valence-electron chi connectivity index (χ2n) is 4.69. The molecule has 0 heterocycles. The van der Waals surface area contributed by atoms with Gasteiger partial charge >= 0.3 is 0 Å². The van der Waals surface area contributed by atoms with Crippen LogP contribution in [0.4, 0.5) is 0 Å². The van der Waals surface area contributed by atoms with Crippen LogP contribution in [0.3, 0.4) is 0 Å². The zero-order valence-electron chi connectivity index (χ0n) is 12.6. The lowest BCUT2D eigenvalue weighted by atomic mass is 10.3. The molecule has 0 bridgehead atoms. The Kier molecular flexibility index (Phi) is 7.45. The fourth-order valence-corrected chi connectivity index (χ4v) is 3.12. The quantitative estimate of drug-likeness (QED) is 0.705. The fourth-order valence-electron chi connectivity index (χ4n) is 1.64. The van der Waals surface area contributed by atoms with Crippen molar-refractivity contribution in [1.82, 2.24) is 4.72 Å². The minimum absolute atomic E-state index is 0.0571. The molecule has 1 aromatic carbocycles. The van der Waals surface area contributed by atoms with Crippen molar-refractivity contribution in [3.8, 4) is 5.75 Å². The van der Waals surface area contributed by atoms with Crippen molar-refractivity contribution in [1.29, 1.82) is 0 Å². The smallest absolute Gasteiger partial charge is 0.244 e. The molecule has 0 fully saturated rings. The van der Waals surface area contributed by atoms with Gasteiger partial charge in [0.15, 0.2) is 0 Å². The molecule has 5 nitrogen and oxygen atoms in total. The van der Waals surface area contributed by atoms with Crippen LogP contribution in [0.15, 0.2) is 23.1 Å². The molecular weight excluding hydrogens is 314 g/mol. The van der Waals surface area contributed by atoms with Gasteiger partial charge < -0.3 is 9.47 Å². The first-order valence-corrected chi connectivity index (χ1v) is 8.76. The van der Waals surface area contributed by atoms with E-state index in [1.807, 2.05) is 13.8 Å². The molecule has 1 rings (SSSR count). The molecule has 0 atom stereocenters. The van der Waals surface area contributed by atoms with Crippen LogP contribution < -0.4 is 9.46 Å². The van der Waals surface area contributed by atoms with Crippen molar-refractivity contribution in [2.24, 2.45) is 0 Å². The van der Waals surface area contributed by atoms with Gasteiger partial charge in [-0.05, 0) is 45.4 Å². The average molecular weight is 336 g/mol. The molecule has 1 aromatic rings. The second-order valence-corrected chi connectivity index (χ2v) is 6.87. The molecular formula is C14H22ClNO4S. The normalized spacial score (nSPS) is 11.9. The summed E-state index contributed by atoms with van der Waals surface area (Å²) in [6.45, 7) is 6.85. The Labute approximate surface area is 131 Å². The van der Waals surface area contributed by atoms with Crippen molar-refractivity contribution < 1.29 is 17.9 Å². The molecule has 0 spiro atoms. The Bertz CT molecular complexity index is 546. The van der Waals surface area contributed by atoms with Gasteiger partial charge in [0.05, 0.1) is 12.7 Å². The molecule has 0 saturated carbocycles. The van der Waals surface area contributed by atoms with Crippen LogP contribution in [0.1, 0.15) is 27.2 Å². The van der Waals surface area contributed by atoms with Crippen LogP contribution in [0.5, 0.6) is 5.75 Å². The molecule has 0 saturated heterocycles. The predicted octanol–water partition coefficient (Wildman–Crippen LogP) is 2.83. The summed E-state index contributed by atoms with van der Waals surface area (Å²) >= 11 is 5.87. The number of hydrogen-bond donors (Lipinski definition) is 1. The number of nitrogens with one attached hydrogen (secondary N) is 1. The van der Waals surface area contributed by atoms with Gasteiger partial charge in [0.2, 0.25) is 10.0 Å². The summed E-state index contributed by atoms with van der Waals surface area (Å²) in [5, 5.41) is 0.349. The lowest BCUT2D eigenvalue weighted by Crippen LogP contribution is -2.26. The van der Waals surface area contributed by atoms with Crippen LogP contribution in [-0.4, -0.2) is 34.3 Å². The SMILES string of the molecule is CCOc1ccc(Cl)cc1S(=O)(=O)NCCCOC(C)C. The summed E-state index contributed by atoms with van der Waals surface area (Å²) in [6.07, 6.45) is 0.737. The summed E-state index contributed by atoms with van der Waals surface area (Å²) in [4.78, 5) is 0.0571. The standard InChI is InChI=1S/C14H22ClNO4S/c1-4-19-13-7-6-12(15)10-14(13)21(17,18)16-8-5-9-20-11(2)3/h6-7,10-11,16H,4-5,8-9H2,1-3H3. The van der Waals surface area contributed by atoms with E-state index in [4.69, 9.17) is 21.1 Å². The highest BCUT2D eigenvalue weighted by Crippen LogP contribution is 2.27. The van der Waals surface area contributed by atoms with Crippen LogP contribution in [0.25, 0.3) is 0 Å². The molecule has 0 aromatic heterocycles. The molecule has 0 aliphatic heterocycles. The second kappa shape index (κ2) is 8.58. The average Bonchev–Trinajstić information content (AvgIpc) is 2.40. The number of rotatable bonds is 9. The number of ether oxygens (including phenoxy) is 2. The van der Waals surface area contributed by atoms with Crippen molar-refractivity contribution in [3.63, 3.8) is 0 Å². The van der Waals surface area contributed by atoms with Gasteiger partial charge in [0.1, 0.15) is 10.6 Å². The molecule has 0 aliphatic carbocycles. The van der Waals surface area contributed by atoms with E-state index in [-0.39, 0.29) is 11.0 Å². The maximum absolute atomic E-state index is 12.3. The lowest BCUT2D eigenvalue weighted by Gasteiger charge is -2.12. The molecule has 1 N–H and O–H groups in total. The zero-order chi connectivity index (χ0) is 15.9. The molecule has 21 heavy (non-hydrogen) atoms. The summed E-state index contributed by atoms with van der Waals surface area (Å²) in [5.41, 5.74) is 0. The Balaban J connectivity index is 2.71. The number of halogens is 1. The van der Waals surface area contributed by atoms with Crippen molar-refractivity contribution in [2.45, 2.75) is 38.2 Å². The Morgan fingerprint density at radius 1 is 1.33 bits per heavy atom. The van der Waals surface area contributed by atoms with Crippen molar-refractivity contribution >= 4 is 21.6 Å². The van der Waals surface area contributed by atoms with E-state index in [9.17, 15) is 8.42 Å². The number of sulfonamides is 1. The van der Waals surface area contributed by atoms with Crippen molar-refractivity contribution in [3.05, 3.63) is 23.2 Å². The third-order valence-corrected chi connectivity index (χ3v) is 4.28. The fraction of sp³-hybridized carbons (Fsp3) is 0.571. The van der Waals surface area contributed by atoms with E-state index in [2.05, 4.69) is 4.72 Å². The summed E-state index contributed by atoms with van der Waals surface area (Å²) in [5.74, 6) is 0.299. The molecule has 0 aliphatic rings. The summed E-state index contributed by atoms with van der Waals surface area (Å²) in [6, 6.07) is 4.55. The van der Waals surface area contributed by atoms with Gasteiger partial charge in [0, 0.05) is 18.2 Å². The van der Waals surface area contributed by atoms with Gasteiger partial charge in [-0.2, -0.15) is 0 Å². The monoisotopic (exact) mass is 335 g/mol. The zero-order valence-corrected chi connectivity index (χ0v) is 14.1. The lowest BCUT2D eigenvalue weighted by molar-refractivity contribution is 0.0778. The third-order valence-electron chi connectivity index (χ3n) is 2.56. The van der Waals surface area contributed by atoms with Gasteiger partial charge in [-0.3, -0.25) is 0 Å². The molecule has 0 unspecified atom stereocenters. The van der Waals surface area contributed by atoms with E-state index in [1.54, 1.807) is 19.1 Å². The first kappa shape index (κ1) is 18.2. The molecule has 7 heteroatoms. The van der Waals surface area contributed by atoms with Crippen LogP contribution in [0.2, 0.25) is 5.02 Å². The molecule has 120 valence electrons. The minimum atomic E-state index is -3.65. The predicted molar refractivity (Wildman–Crippen MR) is 83.5 cm³/mol. The maximum atomic E-state index is 12.3. The van der Waals surface area contributed by atoms with Crippen molar-refractivity contribution in [2.75, 3.05) is 19.8 Å². The topological polar surface area (TPSA) is 64.6 Å². The van der Waals surface area contributed by atoms with Crippen LogP contribution in [0, 0.1) is 0 Å². The van der Waals surface area contributed by atoms with E-state index < -0.39 is 10.0 Å². The Morgan fingerprint density at radius 3 is 2.67 bits per heavy atom. The summed E-state index contributed by atoms with van der Waals surface area (Å²) in [7, 11) is -3.65. The minimum Gasteiger partial charge on any atom is -0.492 e. The highest BCUT2D eigenvalue weighted by atomic mass is 35.5. The number of hydrogen-bond acceptors (Lipinski definition) is 4. The maximum Gasteiger partial charge on any atom is 0.244 e. The number of benzene rings is 1. The Hall–Kier alpha value is -0.820. The van der Waals surface area contributed by atoms with Gasteiger partial charge in [0.25, 0.3) is 0 Å². The highest BCUT2D eigenvalue weighted by molar-refractivity contribution is 7.89. The highest BCUT2D eigenvalue weighted by Gasteiger charge is 2.19. The Morgan fingerprint density at radius 2 is 2.05 bits per heavy atom. The molecule has 0 amide bonds. The molecule has 0 radical (unpaired) electrons. The third kappa shape index (κ3) is 6.22. The first-order chi connectivity index (χ1) is 9.86. The van der Waals surface area contributed by atoms with Gasteiger partial charge in [-0.1, -0.05) is 11.6 Å². The van der Waals surface area contributed by atoms with E-state index in [0.29, 0.717) is 37.0 Å². The van der Waals surface area contributed by atoms with E-state index in [1.165, 1.54) is 6.07 Å². The van der Waals surface area contributed by atoms with Gasteiger partial charge in [-0.15, -0.1) is 0 Å². The van der Waals surface area contributed by atoms with Crippen LogP contribution in [-0.2, 0) is 14.8 Å². The largest absolute Gasteiger partial charge is 0.492 e. The van der Waals surface area contributed by atoms with E-state index in [0.717, 1.165) is 0 Å². The van der Waals surface area contributed by atoms with E-state index >= 15 is 0 Å². The van der Waals surface area contributed by atoms with Crippen LogP contribution >= 0.6 is 11.6 Å². The summed E-state index contributed by atoms with van der Waals surface area (Å²) < 4.78 is 37.8. The van der Waals surface area contributed by atoms with Gasteiger partial charge in [-0.25, -0.2) is 13.1 Å². The first-order valence-electron chi connectivity index (χ1n) is 6.90.